The molecule has 1 fully saturated rings. The van der Waals surface area contributed by atoms with E-state index in [2.05, 4.69) is 44.4 Å². The molecule has 1 aromatic rings. The van der Waals surface area contributed by atoms with E-state index in [0.717, 1.165) is 5.92 Å². The molecule has 0 aliphatic heterocycles. The third-order valence-electron chi connectivity index (χ3n) is 3.16. The van der Waals surface area contributed by atoms with Crippen molar-refractivity contribution in [3.8, 4) is 0 Å². The maximum absolute atomic E-state index is 3.44. The van der Waals surface area contributed by atoms with E-state index in [9.17, 15) is 0 Å². The van der Waals surface area contributed by atoms with Gasteiger partial charge in [0, 0.05) is 6.04 Å². The lowest BCUT2D eigenvalue weighted by molar-refractivity contribution is 0.526. The zero-order valence-corrected chi connectivity index (χ0v) is 9.30. The zero-order valence-electron chi connectivity index (χ0n) is 9.30. The van der Waals surface area contributed by atoms with Gasteiger partial charge in [0.05, 0.1) is 0 Å². The first-order chi connectivity index (χ1) is 6.72. The van der Waals surface area contributed by atoms with Crippen LogP contribution < -0.4 is 5.32 Å². The first kappa shape index (κ1) is 9.72. The lowest BCUT2D eigenvalue weighted by Gasteiger charge is -2.18. The van der Waals surface area contributed by atoms with Gasteiger partial charge in [0.1, 0.15) is 0 Å². The largest absolute Gasteiger partial charge is 0.313 e. The fourth-order valence-corrected chi connectivity index (χ4v) is 2.25. The van der Waals surface area contributed by atoms with Gasteiger partial charge in [-0.2, -0.15) is 0 Å². The van der Waals surface area contributed by atoms with Crippen molar-refractivity contribution in [2.45, 2.75) is 32.7 Å². The van der Waals surface area contributed by atoms with E-state index in [4.69, 9.17) is 0 Å². The first-order valence-electron chi connectivity index (χ1n) is 5.47. The highest BCUT2D eigenvalue weighted by Gasteiger charge is 2.31. The highest BCUT2D eigenvalue weighted by atomic mass is 14.9. The third kappa shape index (κ3) is 1.83. The van der Waals surface area contributed by atoms with Crippen LogP contribution in [0.3, 0.4) is 0 Å². The first-order valence-corrected chi connectivity index (χ1v) is 5.47. The van der Waals surface area contributed by atoms with Crippen LogP contribution in [-0.4, -0.2) is 7.05 Å². The molecule has 0 bridgehead atoms. The zero-order chi connectivity index (χ0) is 10.1. The van der Waals surface area contributed by atoms with Crippen LogP contribution in [0.4, 0.5) is 0 Å². The van der Waals surface area contributed by atoms with Crippen LogP contribution in [-0.2, 0) is 0 Å². The van der Waals surface area contributed by atoms with Gasteiger partial charge in [-0.05, 0) is 50.8 Å². The molecule has 1 saturated carbocycles. The molecular formula is C13H19N. The lowest BCUT2D eigenvalue weighted by atomic mass is 9.96. The van der Waals surface area contributed by atoms with Crippen molar-refractivity contribution in [1.29, 1.82) is 0 Å². The summed E-state index contributed by atoms with van der Waals surface area (Å²) in [5.74, 6) is 0.876. The lowest BCUT2D eigenvalue weighted by Crippen LogP contribution is -2.19. The molecule has 2 rings (SSSR count). The van der Waals surface area contributed by atoms with Gasteiger partial charge >= 0.3 is 0 Å². The van der Waals surface area contributed by atoms with E-state index in [1.54, 1.807) is 0 Å². The van der Waals surface area contributed by atoms with Crippen LogP contribution in [0.1, 0.15) is 35.6 Å². The molecule has 0 saturated heterocycles. The Hall–Kier alpha value is -0.820. The molecule has 14 heavy (non-hydrogen) atoms. The van der Waals surface area contributed by atoms with Crippen molar-refractivity contribution in [1.82, 2.24) is 5.32 Å². The van der Waals surface area contributed by atoms with Gasteiger partial charge < -0.3 is 5.32 Å². The van der Waals surface area contributed by atoms with E-state index in [-0.39, 0.29) is 0 Å². The summed E-state index contributed by atoms with van der Waals surface area (Å²) in [6, 6.07) is 7.36. The summed E-state index contributed by atoms with van der Waals surface area (Å²) >= 11 is 0. The Morgan fingerprint density at radius 2 is 2.00 bits per heavy atom. The molecule has 0 heterocycles. The predicted molar refractivity (Wildman–Crippen MR) is 60.4 cm³/mol. The highest BCUT2D eigenvalue weighted by Crippen LogP contribution is 2.41. The van der Waals surface area contributed by atoms with Crippen LogP contribution >= 0.6 is 0 Å². The van der Waals surface area contributed by atoms with Crippen molar-refractivity contribution in [2.75, 3.05) is 7.05 Å². The molecule has 1 aliphatic rings. The molecule has 1 atom stereocenters. The summed E-state index contributed by atoms with van der Waals surface area (Å²) in [4.78, 5) is 0. The minimum atomic E-state index is 0.579. The Morgan fingerprint density at radius 3 is 2.50 bits per heavy atom. The Morgan fingerprint density at radius 1 is 1.29 bits per heavy atom. The van der Waals surface area contributed by atoms with Crippen molar-refractivity contribution >= 4 is 0 Å². The smallest absolute Gasteiger partial charge is 0.0348 e. The Labute approximate surface area is 86.5 Å². The quantitative estimate of drug-likeness (QED) is 0.770. The van der Waals surface area contributed by atoms with Gasteiger partial charge in [0.25, 0.3) is 0 Å². The molecule has 0 spiro atoms. The van der Waals surface area contributed by atoms with Crippen LogP contribution in [0.25, 0.3) is 0 Å². The fourth-order valence-electron chi connectivity index (χ4n) is 2.25. The molecule has 1 N–H and O–H groups in total. The van der Waals surface area contributed by atoms with E-state index >= 15 is 0 Å². The monoisotopic (exact) mass is 189 g/mol. The molecule has 0 amide bonds. The third-order valence-corrected chi connectivity index (χ3v) is 3.16. The SMILES string of the molecule is CNC(c1ccc(C)cc1C)C1CC1. The Kier molecular flexibility index (Phi) is 2.60. The van der Waals surface area contributed by atoms with Gasteiger partial charge in [0.2, 0.25) is 0 Å². The predicted octanol–water partition coefficient (Wildman–Crippen LogP) is 2.97. The minimum Gasteiger partial charge on any atom is -0.313 e. The minimum absolute atomic E-state index is 0.579. The standard InChI is InChI=1S/C13H19N/c1-9-4-7-12(10(2)8-9)13(14-3)11-5-6-11/h4,7-8,11,13-14H,5-6H2,1-3H3. The van der Waals surface area contributed by atoms with Gasteiger partial charge in [0.15, 0.2) is 0 Å². The molecule has 1 heteroatoms. The number of rotatable bonds is 3. The number of aryl methyl sites for hydroxylation is 2. The van der Waals surface area contributed by atoms with Gasteiger partial charge in [-0.15, -0.1) is 0 Å². The second-order valence-corrected chi connectivity index (χ2v) is 4.46. The summed E-state index contributed by atoms with van der Waals surface area (Å²) in [6.45, 7) is 4.37. The van der Waals surface area contributed by atoms with Crippen molar-refractivity contribution in [3.63, 3.8) is 0 Å². The maximum Gasteiger partial charge on any atom is 0.0348 e. The van der Waals surface area contributed by atoms with Gasteiger partial charge in [-0.1, -0.05) is 23.8 Å². The van der Waals surface area contributed by atoms with E-state index in [1.807, 2.05) is 0 Å². The molecule has 0 aromatic heterocycles. The van der Waals surface area contributed by atoms with E-state index in [0.29, 0.717) is 6.04 Å². The van der Waals surface area contributed by atoms with Crippen molar-refractivity contribution in [3.05, 3.63) is 34.9 Å². The van der Waals surface area contributed by atoms with Crippen LogP contribution in [0.5, 0.6) is 0 Å². The average molecular weight is 189 g/mol. The molecule has 1 nitrogen and oxygen atoms in total. The summed E-state index contributed by atoms with van der Waals surface area (Å²) < 4.78 is 0. The average Bonchev–Trinajstić information content (AvgIpc) is 2.93. The number of hydrogen-bond acceptors (Lipinski definition) is 1. The van der Waals surface area contributed by atoms with E-state index in [1.165, 1.54) is 29.5 Å². The summed E-state index contributed by atoms with van der Waals surface area (Å²) in [6.07, 6.45) is 2.78. The second kappa shape index (κ2) is 3.74. The maximum atomic E-state index is 3.44. The Balaban J connectivity index is 2.29. The normalized spacial score (nSPS) is 18.2. The second-order valence-electron chi connectivity index (χ2n) is 4.46. The van der Waals surface area contributed by atoms with Crippen LogP contribution in [0, 0.1) is 19.8 Å². The molecule has 1 aliphatic carbocycles. The van der Waals surface area contributed by atoms with Crippen molar-refractivity contribution in [2.24, 2.45) is 5.92 Å². The summed E-state index contributed by atoms with van der Waals surface area (Å²) in [5.41, 5.74) is 4.27. The summed E-state index contributed by atoms with van der Waals surface area (Å²) in [5, 5.41) is 3.44. The number of hydrogen-bond donors (Lipinski definition) is 1. The van der Waals surface area contributed by atoms with Crippen LogP contribution in [0.2, 0.25) is 0 Å². The molecule has 1 unspecified atom stereocenters. The molecule has 0 radical (unpaired) electrons. The Bertz CT molecular complexity index is 326. The topological polar surface area (TPSA) is 12.0 Å². The highest BCUT2D eigenvalue weighted by molar-refractivity contribution is 5.33. The van der Waals surface area contributed by atoms with Crippen LogP contribution in [0.15, 0.2) is 18.2 Å². The van der Waals surface area contributed by atoms with Gasteiger partial charge in [-0.25, -0.2) is 0 Å². The molecule has 76 valence electrons. The number of nitrogens with one attached hydrogen (secondary N) is 1. The molecule has 1 aromatic carbocycles. The van der Waals surface area contributed by atoms with Crippen molar-refractivity contribution < 1.29 is 0 Å². The van der Waals surface area contributed by atoms with Gasteiger partial charge in [-0.3, -0.25) is 0 Å². The fraction of sp³-hybridized carbons (Fsp3) is 0.538. The number of benzene rings is 1. The van der Waals surface area contributed by atoms with E-state index < -0.39 is 0 Å². The molecular weight excluding hydrogens is 170 g/mol. The summed E-state index contributed by atoms with van der Waals surface area (Å²) in [7, 11) is 2.07.